The smallest absolute Gasteiger partial charge is 0.163 e. The van der Waals surface area contributed by atoms with Crippen molar-refractivity contribution < 1.29 is 23.6 Å². The van der Waals surface area contributed by atoms with E-state index in [0.29, 0.717) is 42.4 Å². The van der Waals surface area contributed by atoms with Gasteiger partial charge in [0.05, 0.1) is 6.20 Å². The number of carbonyl (C=O) groups excluding carboxylic acids is 4. The summed E-state index contributed by atoms with van der Waals surface area (Å²) in [6.45, 7) is 12.4. The van der Waals surface area contributed by atoms with E-state index in [0.717, 1.165) is 124 Å². The average molecular weight is 1030 g/mol. The molecule has 0 spiro atoms. The number of carbonyl (C=O) groups is 4. The van der Waals surface area contributed by atoms with Crippen LogP contribution in [0.25, 0.3) is 44.5 Å². The molecule has 76 heavy (non-hydrogen) atoms. The second kappa shape index (κ2) is 23.5. The van der Waals surface area contributed by atoms with E-state index >= 15 is 0 Å². The van der Waals surface area contributed by atoms with Crippen LogP contribution in [0.15, 0.2) is 122 Å². The monoisotopic (exact) mass is 1030 g/mol. The van der Waals surface area contributed by atoms with Crippen molar-refractivity contribution in [2.24, 2.45) is 0 Å². The zero-order valence-electron chi connectivity index (χ0n) is 44.2. The fourth-order valence-corrected chi connectivity index (χ4v) is 11.6. The fourth-order valence-electron chi connectivity index (χ4n) is 11.4. The lowest BCUT2D eigenvalue weighted by Crippen LogP contribution is -2.12. The second-order valence-electron chi connectivity index (χ2n) is 20.4. The zero-order valence-corrected chi connectivity index (χ0v) is 45.0. The van der Waals surface area contributed by atoms with Gasteiger partial charge in [-0.1, -0.05) is 60.1 Å². The Kier molecular flexibility index (Phi) is 16.5. The minimum Gasteiger partial charge on any atom is -0.294 e. The summed E-state index contributed by atoms with van der Waals surface area (Å²) in [5.41, 5.74) is 23.9. The molecule has 10 heteroatoms. The van der Waals surface area contributed by atoms with Gasteiger partial charge in [-0.25, -0.2) is 9.37 Å². The van der Waals surface area contributed by atoms with Crippen molar-refractivity contribution in [1.29, 1.82) is 0 Å². The van der Waals surface area contributed by atoms with E-state index < -0.39 is 0 Å². The Hall–Kier alpha value is -7.62. The zero-order chi connectivity index (χ0) is 53.6. The fraction of sp³-hybridized carbons (Fsp3) is 0.273. The number of fused-ring (bicyclic) bond motifs is 4. The molecule has 4 aromatic heterocycles. The average Bonchev–Trinajstić information content (AvgIpc) is 3.42. The van der Waals surface area contributed by atoms with Gasteiger partial charge < -0.3 is 0 Å². The van der Waals surface area contributed by atoms with Crippen LogP contribution in [0.4, 0.5) is 4.39 Å². The van der Waals surface area contributed by atoms with Crippen LogP contribution in [0.1, 0.15) is 149 Å². The van der Waals surface area contributed by atoms with E-state index in [1.54, 1.807) is 12.4 Å². The van der Waals surface area contributed by atoms with E-state index in [9.17, 15) is 23.6 Å². The molecule has 0 saturated carbocycles. The summed E-state index contributed by atoms with van der Waals surface area (Å²) >= 11 is 5.95. The Morgan fingerprint density at radius 1 is 0.382 bits per heavy atom. The van der Waals surface area contributed by atoms with Gasteiger partial charge in [-0.15, -0.1) is 0 Å². The molecular formula is C66H62ClFN4O4. The number of halogens is 2. The first-order valence-electron chi connectivity index (χ1n) is 26.4. The molecule has 0 radical (unpaired) electrons. The third-order valence-electron chi connectivity index (χ3n) is 15.4. The van der Waals surface area contributed by atoms with Crippen molar-refractivity contribution in [2.75, 3.05) is 0 Å². The lowest BCUT2D eigenvalue weighted by Gasteiger charge is -2.19. The number of hydrogen-bond acceptors (Lipinski definition) is 8. The molecule has 4 aliphatic rings. The molecule has 0 saturated heterocycles. The number of nitrogens with zero attached hydrogens (tertiary/aromatic N) is 4. The largest absolute Gasteiger partial charge is 0.294 e. The Morgan fingerprint density at radius 2 is 0.737 bits per heavy atom. The minimum absolute atomic E-state index is 0.216. The summed E-state index contributed by atoms with van der Waals surface area (Å²) in [4.78, 5) is 64.0. The summed E-state index contributed by atoms with van der Waals surface area (Å²) in [6, 6.07) is 27.4. The molecule has 384 valence electrons. The first kappa shape index (κ1) is 53.2. The van der Waals surface area contributed by atoms with E-state index in [-0.39, 0.29) is 17.4 Å². The molecule has 4 aromatic carbocycles. The minimum atomic E-state index is -0.342. The Labute approximate surface area is 450 Å². The SMILES string of the molecule is Cc1c(-c2ccnc(Cl)c2)ccc2c1CCCC2=O.Cc1c(-c2cncc(F)c2)ccc2c1CCCC2=O.Cc1cc(-c2ccc3c(c2C)CCCC3=O)ccn1.Cc1cncc(-c2ccc3c(c2C)CCCC3=O)c1. The van der Waals surface area contributed by atoms with Gasteiger partial charge in [0.15, 0.2) is 23.1 Å². The van der Waals surface area contributed by atoms with Crippen LogP contribution in [0.5, 0.6) is 0 Å². The van der Waals surface area contributed by atoms with Gasteiger partial charge in [0.25, 0.3) is 0 Å². The normalized spacial score (nSPS) is 14.3. The summed E-state index contributed by atoms with van der Waals surface area (Å²) in [7, 11) is 0. The standard InChI is InChI=1S/2C17H17NO.C16H14ClNO.C16H14FNO/c1-11-8-13(10-18-9-11)14-6-7-16-15(12(14)2)4-3-5-17(16)19;1-11-10-13(8-9-18-11)14-6-7-16-15(12(14)2)4-3-5-17(16)19;1-10-12(11-7-8-18-16(17)9-11)5-6-14-13(10)3-2-4-15(14)19;1-10-13(11-7-12(17)9-18-8-11)5-6-15-14(10)3-2-4-16(15)19/h2*6-10H,3-5H2,1-2H3;2*5-9H,2-4H2,1H3. The van der Waals surface area contributed by atoms with Gasteiger partial charge in [0, 0.05) is 95.7 Å². The number of aromatic nitrogens is 4. The Morgan fingerprint density at radius 3 is 1.12 bits per heavy atom. The molecule has 4 heterocycles. The lowest BCUT2D eigenvalue weighted by atomic mass is 9.84. The van der Waals surface area contributed by atoms with Crippen LogP contribution in [0.2, 0.25) is 5.15 Å². The number of rotatable bonds is 4. The molecule has 0 amide bonds. The molecular weight excluding hydrogens is 967 g/mol. The third-order valence-corrected chi connectivity index (χ3v) is 15.6. The number of benzene rings is 4. The Bertz CT molecular complexity index is 3120. The summed E-state index contributed by atoms with van der Waals surface area (Å²) in [5.74, 6) is 0.725. The van der Waals surface area contributed by atoms with Gasteiger partial charge in [0.1, 0.15) is 11.0 Å². The number of hydrogen-bond donors (Lipinski definition) is 0. The third kappa shape index (κ3) is 11.6. The van der Waals surface area contributed by atoms with Crippen LogP contribution in [0.3, 0.4) is 0 Å². The van der Waals surface area contributed by atoms with Crippen molar-refractivity contribution in [3.8, 4) is 44.5 Å². The predicted octanol–water partition coefficient (Wildman–Crippen LogP) is 15.7. The molecule has 0 aliphatic heterocycles. The van der Waals surface area contributed by atoms with Gasteiger partial charge in [0.2, 0.25) is 0 Å². The van der Waals surface area contributed by atoms with E-state index in [1.165, 1.54) is 62.3 Å². The van der Waals surface area contributed by atoms with Crippen LogP contribution in [-0.2, 0) is 25.7 Å². The second-order valence-corrected chi connectivity index (χ2v) is 20.7. The molecule has 8 nitrogen and oxygen atoms in total. The van der Waals surface area contributed by atoms with Crippen LogP contribution in [0, 0.1) is 47.4 Å². The predicted molar refractivity (Wildman–Crippen MR) is 301 cm³/mol. The number of pyridine rings is 4. The van der Waals surface area contributed by atoms with Gasteiger partial charge in [-0.3, -0.25) is 34.1 Å². The molecule has 0 N–H and O–H groups in total. The van der Waals surface area contributed by atoms with Crippen molar-refractivity contribution in [1.82, 2.24) is 19.9 Å². The molecule has 4 aliphatic carbocycles. The van der Waals surface area contributed by atoms with Crippen LogP contribution < -0.4 is 0 Å². The van der Waals surface area contributed by atoms with Crippen LogP contribution in [-0.4, -0.2) is 43.1 Å². The highest BCUT2D eigenvalue weighted by Gasteiger charge is 2.24. The molecule has 12 rings (SSSR count). The van der Waals surface area contributed by atoms with Crippen molar-refractivity contribution in [2.45, 2.75) is 119 Å². The maximum atomic E-state index is 13.3. The van der Waals surface area contributed by atoms with Crippen LogP contribution >= 0.6 is 11.6 Å². The van der Waals surface area contributed by atoms with Gasteiger partial charge in [-0.2, -0.15) is 0 Å². The molecule has 0 bridgehead atoms. The highest BCUT2D eigenvalue weighted by Crippen LogP contribution is 2.36. The van der Waals surface area contributed by atoms with Gasteiger partial charge >= 0.3 is 0 Å². The first-order valence-corrected chi connectivity index (χ1v) is 26.7. The summed E-state index contributed by atoms with van der Waals surface area (Å²) in [6.07, 6.45) is 20.6. The van der Waals surface area contributed by atoms with E-state index in [1.807, 2.05) is 94.0 Å². The molecule has 0 unspecified atom stereocenters. The van der Waals surface area contributed by atoms with Crippen molar-refractivity contribution in [3.63, 3.8) is 0 Å². The Balaban J connectivity index is 0.000000124. The number of ketones is 4. The molecule has 0 fully saturated rings. The van der Waals surface area contributed by atoms with E-state index in [2.05, 4.69) is 65.0 Å². The van der Waals surface area contributed by atoms with E-state index in [4.69, 9.17) is 11.6 Å². The highest BCUT2D eigenvalue weighted by atomic mass is 35.5. The summed E-state index contributed by atoms with van der Waals surface area (Å²) in [5, 5.41) is 0.491. The maximum absolute atomic E-state index is 13.3. The van der Waals surface area contributed by atoms with Crippen molar-refractivity contribution in [3.05, 3.63) is 211 Å². The highest BCUT2D eigenvalue weighted by molar-refractivity contribution is 6.29. The molecule has 0 atom stereocenters. The van der Waals surface area contributed by atoms with Gasteiger partial charge in [-0.05, 0) is 213 Å². The first-order chi connectivity index (χ1) is 36.7. The maximum Gasteiger partial charge on any atom is 0.163 e. The summed E-state index contributed by atoms with van der Waals surface area (Å²) < 4.78 is 13.3. The molecule has 8 aromatic rings. The van der Waals surface area contributed by atoms with Crippen molar-refractivity contribution >= 4 is 34.7 Å². The lowest BCUT2D eigenvalue weighted by molar-refractivity contribution is 0.0964. The number of aryl methyl sites for hydroxylation is 2. The quantitative estimate of drug-likeness (QED) is 0.160. The number of Topliss-reactive ketones (excluding diaryl/α,β-unsaturated/α-hetero) is 4. The topological polar surface area (TPSA) is 120 Å².